The monoisotopic (exact) mass is 455 g/mol. The molecule has 0 amide bonds. The van der Waals surface area contributed by atoms with Crippen LogP contribution in [0.2, 0.25) is 0 Å². The lowest BCUT2D eigenvalue weighted by Gasteiger charge is -2.23. The number of nitrogen functional groups attached to an aromatic ring is 1. The Hall–Kier alpha value is -3.82. The molecule has 0 spiro atoms. The molecule has 0 aliphatic heterocycles. The van der Waals surface area contributed by atoms with Crippen molar-refractivity contribution >= 4 is 16.9 Å². The first-order chi connectivity index (χ1) is 15.8. The van der Waals surface area contributed by atoms with Crippen molar-refractivity contribution in [3.05, 3.63) is 71.7 Å². The molecule has 2 N–H and O–H groups in total. The summed E-state index contributed by atoms with van der Waals surface area (Å²) in [4.78, 5) is 8.22. The molecule has 1 aliphatic rings. The Morgan fingerprint density at radius 1 is 1.12 bits per heavy atom. The number of alkyl halides is 3. The maximum absolute atomic E-state index is 12.9. The van der Waals surface area contributed by atoms with Crippen LogP contribution in [-0.2, 0) is 6.42 Å². The lowest BCUT2D eigenvalue weighted by Crippen LogP contribution is -2.19. The third-order valence-corrected chi connectivity index (χ3v) is 5.76. The molecule has 2 unspecified atom stereocenters. The first-order valence-corrected chi connectivity index (χ1v) is 10.4. The molecule has 4 aromatic rings. The second-order valence-electron chi connectivity index (χ2n) is 7.74. The Morgan fingerprint density at radius 3 is 2.70 bits per heavy atom. The molecule has 2 heterocycles. The molecular weight excluding hydrogens is 435 g/mol. The summed E-state index contributed by atoms with van der Waals surface area (Å²) in [5.74, 6) is -0.172. The van der Waals surface area contributed by atoms with E-state index in [0.29, 0.717) is 23.3 Å². The molecule has 2 aromatic heterocycles. The van der Waals surface area contributed by atoms with E-state index in [2.05, 4.69) is 19.8 Å². The molecule has 0 fully saturated rings. The van der Waals surface area contributed by atoms with Crippen molar-refractivity contribution in [2.45, 2.75) is 31.7 Å². The summed E-state index contributed by atoms with van der Waals surface area (Å²) in [7, 11) is 0. The van der Waals surface area contributed by atoms with Gasteiger partial charge in [0.05, 0.1) is 18.0 Å². The first-order valence-electron chi connectivity index (χ1n) is 10.4. The number of ether oxygens (including phenoxy) is 2. The molecule has 10 heteroatoms. The summed E-state index contributed by atoms with van der Waals surface area (Å²) in [5.41, 5.74) is 9.49. The average Bonchev–Trinajstić information content (AvgIpc) is 3.37. The third-order valence-electron chi connectivity index (χ3n) is 5.76. The number of hydrogen-bond donors (Lipinski definition) is 1. The maximum Gasteiger partial charge on any atom is 0.573 e. The Morgan fingerprint density at radius 2 is 1.94 bits per heavy atom. The van der Waals surface area contributed by atoms with Gasteiger partial charge >= 0.3 is 6.36 Å². The zero-order chi connectivity index (χ0) is 23.2. The number of hydrogen-bond acceptors (Lipinski definition) is 6. The Bertz CT molecular complexity index is 1320. The van der Waals surface area contributed by atoms with Gasteiger partial charge in [-0.3, -0.25) is 4.68 Å². The predicted octanol–water partition coefficient (Wildman–Crippen LogP) is 4.64. The number of benzene rings is 2. The number of anilines is 1. The van der Waals surface area contributed by atoms with Crippen molar-refractivity contribution < 1.29 is 22.6 Å². The van der Waals surface area contributed by atoms with Gasteiger partial charge in [0.25, 0.3) is 0 Å². The quantitative estimate of drug-likeness (QED) is 0.472. The number of halogens is 3. The molecule has 5 rings (SSSR count). The van der Waals surface area contributed by atoms with Crippen LogP contribution in [0.4, 0.5) is 19.0 Å². The first kappa shape index (κ1) is 21.0. The summed E-state index contributed by atoms with van der Waals surface area (Å²) in [5, 5.41) is 5.27. The van der Waals surface area contributed by atoms with E-state index < -0.39 is 6.36 Å². The van der Waals surface area contributed by atoms with Gasteiger partial charge < -0.3 is 15.2 Å². The number of fused-ring (bicyclic) bond motifs is 2. The second-order valence-corrected chi connectivity index (χ2v) is 7.74. The minimum absolute atomic E-state index is 0.0381. The van der Waals surface area contributed by atoms with Gasteiger partial charge in [-0.2, -0.15) is 5.10 Å². The molecule has 0 saturated heterocycles. The predicted molar refractivity (Wildman–Crippen MR) is 115 cm³/mol. The van der Waals surface area contributed by atoms with Crippen molar-refractivity contribution in [3.63, 3.8) is 0 Å². The molecule has 0 radical (unpaired) electrons. The van der Waals surface area contributed by atoms with Crippen LogP contribution in [0.5, 0.6) is 11.5 Å². The van der Waals surface area contributed by atoms with Crippen molar-refractivity contribution in [1.29, 1.82) is 0 Å². The summed E-state index contributed by atoms with van der Waals surface area (Å²) in [6.07, 6.45) is -0.943. The van der Waals surface area contributed by atoms with E-state index >= 15 is 0 Å². The van der Waals surface area contributed by atoms with E-state index in [1.807, 2.05) is 35.1 Å². The van der Waals surface area contributed by atoms with Gasteiger partial charge in [-0.05, 0) is 42.2 Å². The molecule has 0 saturated carbocycles. The lowest BCUT2D eigenvalue weighted by molar-refractivity contribution is -0.275. The van der Waals surface area contributed by atoms with Gasteiger partial charge in [0.2, 0.25) is 0 Å². The normalized spacial score (nSPS) is 17.8. The van der Waals surface area contributed by atoms with Crippen LogP contribution in [0.1, 0.15) is 35.6 Å². The molecule has 2 atom stereocenters. The Labute approximate surface area is 187 Å². The molecule has 7 nitrogen and oxygen atoms in total. The van der Waals surface area contributed by atoms with E-state index in [9.17, 15) is 13.2 Å². The summed E-state index contributed by atoms with van der Waals surface area (Å²) in [6.45, 7) is 1.91. The van der Waals surface area contributed by atoms with Crippen LogP contribution < -0.4 is 15.2 Å². The van der Waals surface area contributed by atoms with Gasteiger partial charge in [0, 0.05) is 12.1 Å². The van der Waals surface area contributed by atoms with Crippen LogP contribution in [0.3, 0.4) is 0 Å². The summed E-state index contributed by atoms with van der Waals surface area (Å²) >= 11 is 0. The fourth-order valence-corrected chi connectivity index (χ4v) is 4.46. The van der Waals surface area contributed by atoms with E-state index in [1.165, 1.54) is 12.4 Å². The standard InChI is InChI=1S/C23H20F3N5O2/c1-2-32-19-10-14(7-8-18(19)33-23(24,25)26)20-15-6-4-3-5-13(15)9-17(20)31-11-16-21(27)28-12-29-22(16)30-31/h3-8,10-12,17,20H,2,9H2,1H3,(H2,27,28,29,30). The van der Waals surface area contributed by atoms with Gasteiger partial charge in [-0.1, -0.05) is 30.3 Å². The second kappa shape index (κ2) is 7.95. The largest absolute Gasteiger partial charge is 0.573 e. The zero-order valence-corrected chi connectivity index (χ0v) is 17.6. The van der Waals surface area contributed by atoms with Gasteiger partial charge in [-0.25, -0.2) is 9.97 Å². The van der Waals surface area contributed by atoms with E-state index in [-0.39, 0.29) is 30.1 Å². The van der Waals surface area contributed by atoms with E-state index in [4.69, 9.17) is 10.5 Å². The number of rotatable bonds is 5. The third kappa shape index (κ3) is 3.92. The van der Waals surface area contributed by atoms with Crippen LogP contribution >= 0.6 is 0 Å². The highest BCUT2D eigenvalue weighted by atomic mass is 19.4. The van der Waals surface area contributed by atoms with Gasteiger partial charge in [-0.15, -0.1) is 13.2 Å². The minimum atomic E-state index is -4.81. The van der Waals surface area contributed by atoms with Crippen molar-refractivity contribution in [2.75, 3.05) is 12.3 Å². The summed E-state index contributed by atoms with van der Waals surface area (Å²) < 4.78 is 50.1. The molecule has 170 valence electrons. The Balaban J connectivity index is 1.61. The summed E-state index contributed by atoms with van der Waals surface area (Å²) in [6, 6.07) is 12.4. The van der Waals surface area contributed by atoms with Crippen molar-refractivity contribution in [2.24, 2.45) is 0 Å². The number of nitrogens with zero attached hydrogens (tertiary/aromatic N) is 4. The average molecular weight is 455 g/mol. The van der Waals surface area contributed by atoms with E-state index in [0.717, 1.165) is 16.7 Å². The van der Waals surface area contributed by atoms with Crippen LogP contribution in [-0.4, -0.2) is 32.7 Å². The maximum atomic E-state index is 12.9. The highest BCUT2D eigenvalue weighted by Gasteiger charge is 2.37. The molecule has 2 aromatic carbocycles. The molecular formula is C23H20F3N5O2. The SMILES string of the molecule is CCOc1cc(C2c3ccccc3CC2n2cc3c(N)ncnc3n2)ccc1OC(F)(F)F. The lowest BCUT2D eigenvalue weighted by atomic mass is 9.90. The fourth-order valence-electron chi connectivity index (χ4n) is 4.46. The highest BCUT2D eigenvalue weighted by Crippen LogP contribution is 2.47. The van der Waals surface area contributed by atoms with E-state index in [1.54, 1.807) is 19.1 Å². The van der Waals surface area contributed by atoms with Crippen LogP contribution in [0.25, 0.3) is 11.0 Å². The van der Waals surface area contributed by atoms with Crippen LogP contribution in [0, 0.1) is 0 Å². The zero-order valence-electron chi connectivity index (χ0n) is 17.6. The Kier molecular flexibility index (Phi) is 5.07. The van der Waals surface area contributed by atoms with Crippen molar-refractivity contribution in [1.82, 2.24) is 19.7 Å². The van der Waals surface area contributed by atoms with Crippen molar-refractivity contribution in [3.8, 4) is 11.5 Å². The topological polar surface area (TPSA) is 88.1 Å². The van der Waals surface area contributed by atoms with Gasteiger partial charge in [0.1, 0.15) is 12.1 Å². The fraction of sp³-hybridized carbons (Fsp3) is 0.261. The van der Waals surface area contributed by atoms with Crippen LogP contribution in [0.15, 0.2) is 55.0 Å². The number of aromatic nitrogens is 4. The molecule has 0 bridgehead atoms. The minimum Gasteiger partial charge on any atom is -0.490 e. The number of nitrogens with two attached hydrogens (primary N) is 1. The molecule has 1 aliphatic carbocycles. The molecule has 33 heavy (non-hydrogen) atoms. The van der Waals surface area contributed by atoms with Gasteiger partial charge in [0.15, 0.2) is 17.1 Å². The smallest absolute Gasteiger partial charge is 0.490 e. The highest BCUT2D eigenvalue weighted by molar-refractivity contribution is 5.84.